The standard InChI is InChI=1S/C14H14N6/c1-10-9-20(14(15)19-10)18-8-11-4-2-3-5-12(11)13-16-6-7-17-13/h2-9H,1H3,(H2,15,19)(H,16,17). The SMILES string of the molecule is Cc1cn(N=Cc2ccccc2-c2ncc[nH]2)c(N)n1. The molecule has 0 bridgehead atoms. The molecule has 3 rings (SSSR count). The second-order valence-electron chi connectivity index (χ2n) is 4.35. The Kier molecular flexibility index (Phi) is 3.04. The maximum Gasteiger partial charge on any atom is 0.221 e. The van der Waals surface area contributed by atoms with Crippen LogP contribution in [0.25, 0.3) is 11.4 Å². The summed E-state index contributed by atoms with van der Waals surface area (Å²) in [6.45, 7) is 1.87. The first kappa shape index (κ1) is 12.2. The molecule has 0 unspecified atom stereocenters. The number of aromatic nitrogens is 4. The van der Waals surface area contributed by atoms with Gasteiger partial charge in [0.15, 0.2) is 0 Å². The summed E-state index contributed by atoms with van der Waals surface area (Å²) < 4.78 is 1.55. The molecule has 0 aliphatic heterocycles. The molecule has 1 aromatic carbocycles. The number of hydrogen-bond acceptors (Lipinski definition) is 4. The molecule has 0 spiro atoms. The number of benzene rings is 1. The number of nitrogens with one attached hydrogen (secondary N) is 1. The number of nitrogens with zero attached hydrogens (tertiary/aromatic N) is 4. The Morgan fingerprint density at radius 2 is 2.20 bits per heavy atom. The van der Waals surface area contributed by atoms with Crippen molar-refractivity contribution in [3.05, 3.63) is 54.1 Å². The van der Waals surface area contributed by atoms with Crippen molar-refractivity contribution < 1.29 is 0 Å². The van der Waals surface area contributed by atoms with Crippen LogP contribution in [-0.2, 0) is 0 Å². The van der Waals surface area contributed by atoms with Crippen molar-refractivity contribution in [1.29, 1.82) is 0 Å². The molecule has 3 N–H and O–H groups in total. The lowest BCUT2D eigenvalue weighted by Gasteiger charge is -2.02. The van der Waals surface area contributed by atoms with E-state index in [1.165, 1.54) is 0 Å². The quantitative estimate of drug-likeness (QED) is 0.711. The van der Waals surface area contributed by atoms with Crippen LogP contribution >= 0.6 is 0 Å². The highest BCUT2D eigenvalue weighted by atomic mass is 15.4. The minimum absolute atomic E-state index is 0.370. The summed E-state index contributed by atoms with van der Waals surface area (Å²) in [6.07, 6.45) is 7.04. The summed E-state index contributed by atoms with van der Waals surface area (Å²) in [5, 5.41) is 4.33. The molecular weight excluding hydrogens is 252 g/mol. The van der Waals surface area contributed by atoms with Gasteiger partial charge in [-0.25, -0.2) is 14.6 Å². The van der Waals surface area contributed by atoms with Crippen LogP contribution in [0.15, 0.2) is 48.0 Å². The van der Waals surface area contributed by atoms with Crippen molar-refractivity contribution in [2.75, 3.05) is 5.73 Å². The molecular formula is C14H14N6. The number of aromatic amines is 1. The van der Waals surface area contributed by atoms with E-state index in [4.69, 9.17) is 5.73 Å². The van der Waals surface area contributed by atoms with E-state index in [1.54, 1.807) is 29.5 Å². The molecule has 0 saturated carbocycles. The highest BCUT2D eigenvalue weighted by Gasteiger charge is 2.05. The van der Waals surface area contributed by atoms with Gasteiger partial charge in [-0.15, -0.1) is 0 Å². The van der Waals surface area contributed by atoms with Crippen LogP contribution in [0.1, 0.15) is 11.3 Å². The Labute approximate surface area is 116 Å². The molecule has 0 amide bonds. The predicted molar refractivity (Wildman–Crippen MR) is 78.4 cm³/mol. The number of H-pyrrole nitrogens is 1. The fourth-order valence-electron chi connectivity index (χ4n) is 1.96. The second kappa shape index (κ2) is 5.00. The smallest absolute Gasteiger partial charge is 0.221 e. The van der Waals surface area contributed by atoms with E-state index >= 15 is 0 Å². The molecule has 20 heavy (non-hydrogen) atoms. The van der Waals surface area contributed by atoms with Gasteiger partial charge in [0.2, 0.25) is 5.95 Å². The summed E-state index contributed by atoms with van der Waals surface area (Å²) in [6, 6.07) is 7.88. The van der Waals surface area contributed by atoms with Gasteiger partial charge < -0.3 is 10.7 Å². The molecule has 6 nitrogen and oxygen atoms in total. The summed E-state index contributed by atoms with van der Waals surface area (Å²) in [5.74, 6) is 1.18. The molecule has 0 aliphatic rings. The number of nitrogens with two attached hydrogens (primary N) is 1. The fourth-order valence-corrected chi connectivity index (χ4v) is 1.96. The molecule has 2 aromatic heterocycles. The molecule has 2 heterocycles. The zero-order valence-corrected chi connectivity index (χ0v) is 11.0. The Bertz CT molecular complexity index is 739. The van der Waals surface area contributed by atoms with Crippen molar-refractivity contribution in [1.82, 2.24) is 19.6 Å². The third-order valence-corrected chi connectivity index (χ3v) is 2.87. The van der Waals surface area contributed by atoms with Gasteiger partial charge in [0, 0.05) is 23.5 Å². The van der Waals surface area contributed by atoms with Crippen LogP contribution in [0.2, 0.25) is 0 Å². The van der Waals surface area contributed by atoms with Gasteiger partial charge in [-0.2, -0.15) is 5.10 Å². The minimum Gasteiger partial charge on any atom is -0.368 e. The zero-order valence-electron chi connectivity index (χ0n) is 11.0. The normalized spacial score (nSPS) is 11.2. The summed E-state index contributed by atoms with van der Waals surface area (Å²) >= 11 is 0. The lowest BCUT2D eigenvalue weighted by molar-refractivity contribution is 0.897. The van der Waals surface area contributed by atoms with Crippen LogP contribution in [0.3, 0.4) is 0 Å². The third-order valence-electron chi connectivity index (χ3n) is 2.87. The van der Waals surface area contributed by atoms with E-state index in [2.05, 4.69) is 20.1 Å². The Balaban J connectivity index is 1.97. The molecule has 0 fully saturated rings. The summed E-state index contributed by atoms with van der Waals surface area (Å²) in [4.78, 5) is 11.5. The van der Waals surface area contributed by atoms with E-state index in [9.17, 15) is 0 Å². The van der Waals surface area contributed by atoms with E-state index in [1.807, 2.05) is 31.2 Å². The monoisotopic (exact) mass is 266 g/mol. The molecule has 0 aliphatic carbocycles. The fraction of sp³-hybridized carbons (Fsp3) is 0.0714. The number of anilines is 1. The van der Waals surface area contributed by atoms with E-state index in [0.29, 0.717) is 5.95 Å². The largest absolute Gasteiger partial charge is 0.368 e. The molecule has 0 atom stereocenters. The van der Waals surface area contributed by atoms with Gasteiger partial charge in [-0.1, -0.05) is 24.3 Å². The number of hydrogen-bond donors (Lipinski definition) is 2. The molecule has 3 aromatic rings. The van der Waals surface area contributed by atoms with E-state index in [-0.39, 0.29) is 0 Å². The third kappa shape index (κ3) is 2.31. The topological polar surface area (TPSA) is 84.9 Å². The van der Waals surface area contributed by atoms with E-state index < -0.39 is 0 Å². The first-order valence-electron chi connectivity index (χ1n) is 6.18. The van der Waals surface area contributed by atoms with Crippen molar-refractivity contribution >= 4 is 12.2 Å². The van der Waals surface area contributed by atoms with E-state index in [0.717, 1.165) is 22.6 Å². The molecule has 6 heteroatoms. The highest BCUT2D eigenvalue weighted by molar-refractivity contribution is 5.88. The maximum atomic E-state index is 5.76. The average molecular weight is 266 g/mol. The predicted octanol–water partition coefficient (Wildman–Crippen LogP) is 2.05. The first-order chi connectivity index (χ1) is 9.74. The van der Waals surface area contributed by atoms with Crippen molar-refractivity contribution in [2.24, 2.45) is 5.10 Å². The van der Waals surface area contributed by atoms with Crippen molar-refractivity contribution in [3.63, 3.8) is 0 Å². The lowest BCUT2D eigenvalue weighted by atomic mass is 10.1. The van der Waals surface area contributed by atoms with Crippen LogP contribution < -0.4 is 5.73 Å². The minimum atomic E-state index is 0.370. The van der Waals surface area contributed by atoms with Gasteiger partial charge in [0.1, 0.15) is 5.82 Å². The van der Waals surface area contributed by atoms with Crippen LogP contribution in [0, 0.1) is 6.92 Å². The summed E-state index contributed by atoms with van der Waals surface area (Å²) in [5.41, 5.74) is 8.53. The zero-order chi connectivity index (χ0) is 13.9. The van der Waals surface area contributed by atoms with Crippen molar-refractivity contribution in [3.8, 4) is 11.4 Å². The molecule has 0 radical (unpaired) electrons. The number of aryl methyl sites for hydroxylation is 1. The van der Waals surface area contributed by atoms with Gasteiger partial charge in [-0.05, 0) is 6.92 Å². The Morgan fingerprint density at radius 1 is 1.35 bits per heavy atom. The molecule has 100 valence electrons. The Hall–Kier alpha value is -2.89. The van der Waals surface area contributed by atoms with Crippen LogP contribution in [0.4, 0.5) is 5.95 Å². The maximum absolute atomic E-state index is 5.76. The van der Waals surface area contributed by atoms with Gasteiger partial charge in [-0.3, -0.25) is 0 Å². The second-order valence-corrected chi connectivity index (χ2v) is 4.35. The number of rotatable bonds is 3. The van der Waals surface area contributed by atoms with Crippen molar-refractivity contribution in [2.45, 2.75) is 6.92 Å². The first-order valence-corrected chi connectivity index (χ1v) is 6.18. The van der Waals surface area contributed by atoms with Gasteiger partial charge in [0.05, 0.1) is 18.1 Å². The van der Waals surface area contributed by atoms with Gasteiger partial charge in [0.25, 0.3) is 0 Å². The lowest BCUT2D eigenvalue weighted by Crippen LogP contribution is -1.97. The van der Waals surface area contributed by atoms with Gasteiger partial charge >= 0.3 is 0 Å². The number of nitrogen functional groups attached to an aromatic ring is 1. The Morgan fingerprint density at radius 3 is 2.90 bits per heavy atom. The van der Waals surface area contributed by atoms with Crippen LogP contribution in [-0.4, -0.2) is 25.8 Å². The highest BCUT2D eigenvalue weighted by Crippen LogP contribution is 2.18. The van der Waals surface area contributed by atoms with Crippen LogP contribution in [0.5, 0.6) is 0 Å². The average Bonchev–Trinajstić information content (AvgIpc) is 3.07. The summed E-state index contributed by atoms with van der Waals surface area (Å²) in [7, 11) is 0. The number of imidazole rings is 2. The molecule has 0 saturated heterocycles.